The predicted octanol–water partition coefficient (Wildman–Crippen LogP) is 2.06. The number of benzene rings is 1. The van der Waals surface area contributed by atoms with Crippen molar-refractivity contribution in [2.75, 3.05) is 0 Å². The summed E-state index contributed by atoms with van der Waals surface area (Å²) in [4.78, 5) is 0. The van der Waals surface area contributed by atoms with Crippen LogP contribution in [0.4, 0.5) is 0 Å². The molecule has 0 aromatic heterocycles. The van der Waals surface area contributed by atoms with E-state index >= 15 is 0 Å². The van der Waals surface area contributed by atoms with E-state index in [0.717, 1.165) is 42.6 Å². The van der Waals surface area contributed by atoms with Crippen molar-refractivity contribution < 1.29 is 9.84 Å². The standard InChI is InChI=1S/C14H19NO2/c1-9-4-5-11-10(8-9)12(16)13(15)14(17-11)6-2-3-7-14/h4-5,8,12-13,16H,2-3,6-7,15H2,1H3. The van der Waals surface area contributed by atoms with E-state index in [1.54, 1.807) is 0 Å². The van der Waals surface area contributed by atoms with Gasteiger partial charge in [0.1, 0.15) is 17.5 Å². The van der Waals surface area contributed by atoms with E-state index < -0.39 is 6.10 Å². The maximum atomic E-state index is 10.4. The van der Waals surface area contributed by atoms with Crippen LogP contribution in [-0.2, 0) is 0 Å². The molecular weight excluding hydrogens is 214 g/mol. The Morgan fingerprint density at radius 3 is 2.76 bits per heavy atom. The number of aryl methyl sites for hydroxylation is 1. The molecule has 1 aromatic rings. The molecule has 1 fully saturated rings. The van der Waals surface area contributed by atoms with Gasteiger partial charge < -0.3 is 15.6 Å². The molecule has 0 amide bonds. The van der Waals surface area contributed by atoms with Crippen LogP contribution in [0.5, 0.6) is 5.75 Å². The molecule has 1 aromatic carbocycles. The van der Waals surface area contributed by atoms with Crippen LogP contribution in [0.15, 0.2) is 18.2 Å². The molecule has 1 aliphatic carbocycles. The number of aliphatic hydroxyl groups is 1. The maximum absolute atomic E-state index is 10.4. The lowest BCUT2D eigenvalue weighted by molar-refractivity contribution is -0.0316. The third kappa shape index (κ3) is 1.57. The lowest BCUT2D eigenvalue weighted by atomic mass is 9.82. The summed E-state index contributed by atoms with van der Waals surface area (Å²) in [6.07, 6.45) is 3.59. The molecule has 0 radical (unpaired) electrons. The van der Waals surface area contributed by atoms with Gasteiger partial charge in [0.05, 0.1) is 6.04 Å². The highest BCUT2D eigenvalue weighted by atomic mass is 16.5. The summed E-state index contributed by atoms with van der Waals surface area (Å²) < 4.78 is 6.13. The van der Waals surface area contributed by atoms with Crippen LogP contribution in [0.1, 0.15) is 42.9 Å². The number of hydrogen-bond donors (Lipinski definition) is 2. The van der Waals surface area contributed by atoms with E-state index in [1.807, 2.05) is 25.1 Å². The largest absolute Gasteiger partial charge is 0.485 e. The molecule has 0 saturated heterocycles. The lowest BCUT2D eigenvalue weighted by Crippen LogP contribution is -2.56. The van der Waals surface area contributed by atoms with E-state index in [4.69, 9.17) is 10.5 Å². The molecule has 3 N–H and O–H groups in total. The average Bonchev–Trinajstić information content (AvgIpc) is 2.77. The minimum Gasteiger partial charge on any atom is -0.485 e. The van der Waals surface area contributed by atoms with E-state index in [0.29, 0.717) is 0 Å². The average molecular weight is 233 g/mol. The topological polar surface area (TPSA) is 55.5 Å². The normalized spacial score (nSPS) is 30.1. The summed E-state index contributed by atoms with van der Waals surface area (Å²) in [7, 11) is 0. The van der Waals surface area contributed by atoms with Gasteiger partial charge in [-0.1, -0.05) is 11.6 Å². The third-order valence-corrected chi connectivity index (χ3v) is 4.19. The smallest absolute Gasteiger partial charge is 0.127 e. The summed E-state index contributed by atoms with van der Waals surface area (Å²) in [5, 5.41) is 10.4. The van der Waals surface area contributed by atoms with Crippen LogP contribution in [0.2, 0.25) is 0 Å². The molecule has 1 heterocycles. The van der Waals surface area contributed by atoms with Crippen LogP contribution >= 0.6 is 0 Å². The van der Waals surface area contributed by atoms with Crippen molar-refractivity contribution in [3.8, 4) is 5.75 Å². The van der Waals surface area contributed by atoms with E-state index in [-0.39, 0.29) is 11.6 Å². The summed E-state index contributed by atoms with van der Waals surface area (Å²) in [6.45, 7) is 2.01. The fraction of sp³-hybridized carbons (Fsp3) is 0.571. The summed E-state index contributed by atoms with van der Waals surface area (Å²) in [5.74, 6) is 0.812. The molecule has 1 spiro atoms. The summed E-state index contributed by atoms with van der Waals surface area (Å²) in [5.41, 5.74) is 7.85. The fourth-order valence-corrected chi connectivity index (χ4v) is 3.17. The van der Waals surface area contributed by atoms with Crippen LogP contribution in [0.25, 0.3) is 0 Å². The molecule has 3 heteroatoms. The van der Waals surface area contributed by atoms with Crippen molar-refractivity contribution in [1.82, 2.24) is 0 Å². The van der Waals surface area contributed by atoms with Crippen LogP contribution in [-0.4, -0.2) is 16.7 Å². The first-order valence-corrected chi connectivity index (χ1v) is 6.36. The molecule has 3 nitrogen and oxygen atoms in total. The van der Waals surface area contributed by atoms with Gasteiger partial charge in [-0.05, 0) is 44.7 Å². The van der Waals surface area contributed by atoms with Crippen LogP contribution in [0, 0.1) is 6.92 Å². The first-order valence-electron chi connectivity index (χ1n) is 6.36. The van der Waals surface area contributed by atoms with Gasteiger partial charge in [0.2, 0.25) is 0 Å². The van der Waals surface area contributed by atoms with Gasteiger partial charge in [0, 0.05) is 5.56 Å². The second-order valence-corrected chi connectivity index (χ2v) is 5.39. The van der Waals surface area contributed by atoms with E-state index in [1.165, 1.54) is 0 Å². The zero-order valence-corrected chi connectivity index (χ0v) is 10.1. The van der Waals surface area contributed by atoms with Crippen molar-refractivity contribution in [2.24, 2.45) is 5.73 Å². The van der Waals surface area contributed by atoms with Crippen molar-refractivity contribution in [3.63, 3.8) is 0 Å². The van der Waals surface area contributed by atoms with Gasteiger partial charge in [0.15, 0.2) is 0 Å². The minimum absolute atomic E-state index is 0.306. The van der Waals surface area contributed by atoms with Gasteiger partial charge in [0.25, 0.3) is 0 Å². The van der Waals surface area contributed by atoms with Gasteiger partial charge in [-0.15, -0.1) is 0 Å². The second-order valence-electron chi connectivity index (χ2n) is 5.39. The monoisotopic (exact) mass is 233 g/mol. The van der Waals surface area contributed by atoms with Gasteiger partial charge >= 0.3 is 0 Å². The first-order chi connectivity index (χ1) is 8.12. The molecule has 0 bridgehead atoms. The maximum Gasteiger partial charge on any atom is 0.127 e. The second kappa shape index (κ2) is 3.72. The summed E-state index contributed by atoms with van der Waals surface area (Å²) in [6, 6.07) is 5.64. The molecule has 1 aliphatic heterocycles. The number of nitrogens with two attached hydrogens (primary N) is 1. The Hall–Kier alpha value is -1.06. The Bertz CT molecular complexity index is 438. The van der Waals surface area contributed by atoms with Gasteiger partial charge in [-0.25, -0.2) is 0 Å². The quantitative estimate of drug-likeness (QED) is 0.721. The van der Waals surface area contributed by atoms with Crippen molar-refractivity contribution in [2.45, 2.75) is 50.4 Å². The molecule has 1 saturated carbocycles. The Labute approximate surface area is 102 Å². The van der Waals surface area contributed by atoms with Crippen molar-refractivity contribution in [3.05, 3.63) is 29.3 Å². The number of rotatable bonds is 0. The highest BCUT2D eigenvalue weighted by Crippen LogP contribution is 2.46. The Morgan fingerprint density at radius 1 is 1.35 bits per heavy atom. The molecule has 2 unspecified atom stereocenters. The summed E-state index contributed by atoms with van der Waals surface area (Å²) >= 11 is 0. The Kier molecular flexibility index (Phi) is 2.42. The fourth-order valence-electron chi connectivity index (χ4n) is 3.17. The third-order valence-electron chi connectivity index (χ3n) is 4.19. The zero-order valence-electron chi connectivity index (χ0n) is 10.1. The van der Waals surface area contributed by atoms with Crippen LogP contribution in [0.3, 0.4) is 0 Å². The molecule has 92 valence electrons. The molecule has 2 atom stereocenters. The van der Waals surface area contributed by atoms with Gasteiger partial charge in [-0.3, -0.25) is 0 Å². The van der Waals surface area contributed by atoms with Crippen molar-refractivity contribution >= 4 is 0 Å². The zero-order chi connectivity index (χ0) is 12.0. The molecular formula is C14H19NO2. The lowest BCUT2D eigenvalue weighted by Gasteiger charge is -2.43. The number of hydrogen-bond acceptors (Lipinski definition) is 3. The number of fused-ring (bicyclic) bond motifs is 1. The number of aliphatic hydroxyl groups excluding tert-OH is 1. The van der Waals surface area contributed by atoms with E-state index in [2.05, 4.69) is 0 Å². The minimum atomic E-state index is -0.600. The van der Waals surface area contributed by atoms with Crippen LogP contribution < -0.4 is 10.5 Å². The molecule has 2 aliphatic rings. The first kappa shape index (κ1) is 11.1. The molecule has 3 rings (SSSR count). The Morgan fingerprint density at radius 2 is 2.06 bits per heavy atom. The van der Waals surface area contributed by atoms with Crippen molar-refractivity contribution in [1.29, 1.82) is 0 Å². The molecule has 17 heavy (non-hydrogen) atoms. The highest BCUT2D eigenvalue weighted by Gasteiger charge is 2.49. The highest BCUT2D eigenvalue weighted by molar-refractivity contribution is 5.42. The van der Waals surface area contributed by atoms with E-state index in [9.17, 15) is 5.11 Å². The Balaban J connectivity index is 2.05. The van der Waals surface area contributed by atoms with Gasteiger partial charge in [-0.2, -0.15) is 0 Å². The number of ether oxygens (including phenoxy) is 1. The predicted molar refractivity (Wildman–Crippen MR) is 65.9 cm³/mol. The SMILES string of the molecule is Cc1ccc2c(c1)C(O)C(N)C1(CCCC1)O2.